The van der Waals surface area contributed by atoms with Crippen LogP contribution in [0.5, 0.6) is 0 Å². The second-order valence-corrected chi connectivity index (χ2v) is 8.73. The predicted molar refractivity (Wildman–Crippen MR) is 108 cm³/mol. The smallest absolute Gasteiger partial charge is 0.240 e. The normalized spacial score (nSPS) is 25.2. The molecule has 148 valence electrons. The molecule has 0 bridgehead atoms. The molecule has 0 unspecified atom stereocenters. The van der Waals surface area contributed by atoms with E-state index in [1.807, 2.05) is 0 Å². The van der Waals surface area contributed by atoms with Crippen LogP contribution >= 0.6 is 0 Å². The number of benzene rings is 1. The Morgan fingerprint density at radius 1 is 0.926 bits per heavy atom. The van der Waals surface area contributed by atoms with E-state index in [9.17, 15) is 4.79 Å². The lowest BCUT2D eigenvalue weighted by molar-refractivity contribution is -0.136. The van der Waals surface area contributed by atoms with E-state index in [0.29, 0.717) is 0 Å². The molecule has 0 spiro atoms. The molecule has 2 saturated heterocycles. The van der Waals surface area contributed by atoms with Gasteiger partial charge in [0.15, 0.2) is 0 Å². The van der Waals surface area contributed by atoms with E-state index in [2.05, 4.69) is 40.5 Å². The van der Waals surface area contributed by atoms with Crippen LogP contribution in [0.4, 0.5) is 0 Å². The second kappa shape index (κ2) is 8.32. The average Bonchev–Trinajstić information content (AvgIpc) is 3.29. The first-order valence-corrected chi connectivity index (χ1v) is 10.9. The van der Waals surface area contributed by atoms with E-state index >= 15 is 0 Å². The van der Waals surface area contributed by atoms with Crippen LogP contribution in [0, 0.1) is 0 Å². The number of ether oxygens (including phenoxy) is 1. The molecule has 1 N–H and O–H groups in total. The van der Waals surface area contributed by atoms with Gasteiger partial charge >= 0.3 is 0 Å². The zero-order valence-corrected chi connectivity index (χ0v) is 16.5. The molecule has 4 nitrogen and oxygen atoms in total. The van der Waals surface area contributed by atoms with Crippen LogP contribution in [0.15, 0.2) is 30.3 Å². The highest BCUT2D eigenvalue weighted by atomic mass is 16.5. The van der Waals surface area contributed by atoms with Gasteiger partial charge in [0.25, 0.3) is 0 Å². The molecule has 27 heavy (non-hydrogen) atoms. The first-order chi connectivity index (χ1) is 13.3. The number of nitrogens with one attached hydrogen (secondary N) is 1. The summed E-state index contributed by atoms with van der Waals surface area (Å²) in [6.07, 6.45) is 10.1. The van der Waals surface area contributed by atoms with Crippen molar-refractivity contribution in [2.75, 3.05) is 32.8 Å². The van der Waals surface area contributed by atoms with E-state index in [-0.39, 0.29) is 16.9 Å². The molecule has 3 aliphatic rings. The van der Waals surface area contributed by atoms with Crippen LogP contribution in [-0.4, -0.2) is 49.2 Å². The van der Waals surface area contributed by atoms with Crippen LogP contribution in [0.1, 0.15) is 63.4 Å². The van der Waals surface area contributed by atoms with Gasteiger partial charge in [-0.25, -0.2) is 0 Å². The molecule has 0 aromatic heterocycles. The summed E-state index contributed by atoms with van der Waals surface area (Å²) in [5, 5.41) is 3.44. The van der Waals surface area contributed by atoms with Crippen molar-refractivity contribution in [3.63, 3.8) is 0 Å². The lowest BCUT2D eigenvalue weighted by atomic mass is 9.73. The van der Waals surface area contributed by atoms with E-state index < -0.39 is 0 Å². The third-order valence-electron chi connectivity index (χ3n) is 7.24. The van der Waals surface area contributed by atoms with E-state index in [1.165, 1.54) is 37.7 Å². The van der Waals surface area contributed by atoms with Gasteiger partial charge in [0.05, 0.1) is 0 Å². The van der Waals surface area contributed by atoms with Crippen LogP contribution in [0.3, 0.4) is 0 Å². The minimum Gasteiger partial charge on any atom is -0.381 e. The molecule has 4 rings (SSSR count). The highest BCUT2D eigenvalue weighted by Crippen LogP contribution is 2.38. The fourth-order valence-corrected chi connectivity index (χ4v) is 5.50. The SMILES string of the molecule is O=C(NCC1(c2ccccc2)CCOCC1)C1(N2CCCC2)CCCCC1. The predicted octanol–water partition coefficient (Wildman–Crippen LogP) is 3.65. The van der Waals surface area contributed by atoms with Gasteiger partial charge in [-0.1, -0.05) is 49.6 Å². The van der Waals surface area contributed by atoms with Gasteiger partial charge in [-0.2, -0.15) is 0 Å². The summed E-state index contributed by atoms with van der Waals surface area (Å²) in [7, 11) is 0. The van der Waals surface area contributed by atoms with Crippen LogP contribution in [0.2, 0.25) is 0 Å². The summed E-state index contributed by atoms with van der Waals surface area (Å²) in [5.74, 6) is 0.283. The highest BCUT2D eigenvalue weighted by molar-refractivity contribution is 5.86. The van der Waals surface area contributed by atoms with Gasteiger partial charge in [-0.3, -0.25) is 9.69 Å². The number of carbonyl (C=O) groups is 1. The number of nitrogens with zero attached hydrogens (tertiary/aromatic N) is 1. The summed E-state index contributed by atoms with van der Waals surface area (Å²) in [6, 6.07) is 10.7. The maximum atomic E-state index is 13.5. The Bertz CT molecular complexity index is 613. The average molecular weight is 371 g/mol. The summed E-state index contributed by atoms with van der Waals surface area (Å²) in [5.41, 5.74) is 1.10. The zero-order chi connectivity index (χ0) is 18.6. The molecule has 0 radical (unpaired) electrons. The third-order valence-corrected chi connectivity index (χ3v) is 7.24. The molecule has 0 atom stereocenters. The lowest BCUT2D eigenvalue weighted by Crippen LogP contribution is -2.60. The van der Waals surface area contributed by atoms with E-state index in [0.717, 1.165) is 58.5 Å². The second-order valence-electron chi connectivity index (χ2n) is 8.73. The number of rotatable bonds is 5. The van der Waals surface area contributed by atoms with Gasteiger partial charge < -0.3 is 10.1 Å². The summed E-state index contributed by atoms with van der Waals surface area (Å²) < 4.78 is 5.65. The molecule has 1 aromatic rings. The number of hydrogen-bond donors (Lipinski definition) is 1. The zero-order valence-electron chi connectivity index (χ0n) is 16.5. The number of carbonyl (C=O) groups excluding carboxylic acids is 1. The number of amides is 1. The van der Waals surface area contributed by atoms with Crippen molar-refractivity contribution in [1.82, 2.24) is 10.2 Å². The molecule has 3 fully saturated rings. The maximum Gasteiger partial charge on any atom is 0.240 e. The molecule has 1 aromatic carbocycles. The Labute approximate surface area is 163 Å². The van der Waals surface area contributed by atoms with Gasteiger partial charge in [-0.05, 0) is 57.2 Å². The Morgan fingerprint density at radius 2 is 1.59 bits per heavy atom. The summed E-state index contributed by atoms with van der Waals surface area (Å²) in [6.45, 7) is 4.47. The Balaban J connectivity index is 1.51. The van der Waals surface area contributed by atoms with E-state index in [1.54, 1.807) is 0 Å². The van der Waals surface area contributed by atoms with Crippen molar-refractivity contribution >= 4 is 5.91 Å². The first kappa shape index (κ1) is 18.9. The van der Waals surface area contributed by atoms with Gasteiger partial charge in [-0.15, -0.1) is 0 Å². The molecule has 1 saturated carbocycles. The van der Waals surface area contributed by atoms with Crippen molar-refractivity contribution in [3.05, 3.63) is 35.9 Å². The molecular formula is C23H34N2O2. The summed E-state index contributed by atoms with van der Waals surface area (Å²) >= 11 is 0. The topological polar surface area (TPSA) is 41.6 Å². The monoisotopic (exact) mass is 370 g/mol. The van der Waals surface area contributed by atoms with Crippen molar-refractivity contribution in [1.29, 1.82) is 0 Å². The minimum atomic E-state index is -0.252. The minimum absolute atomic E-state index is 0.00996. The molecule has 2 heterocycles. The van der Waals surface area contributed by atoms with Crippen molar-refractivity contribution in [3.8, 4) is 0 Å². The molecule has 4 heteroatoms. The molecular weight excluding hydrogens is 336 g/mol. The quantitative estimate of drug-likeness (QED) is 0.860. The highest BCUT2D eigenvalue weighted by Gasteiger charge is 2.46. The standard InChI is InChI=1S/C23H34N2O2/c26-21(23(11-5-2-6-12-23)25-15-7-8-16-25)24-19-22(13-17-27-18-14-22)20-9-3-1-4-10-20/h1,3-4,9-10H,2,5-8,11-19H2,(H,24,26). The van der Waals surface area contributed by atoms with Crippen molar-refractivity contribution in [2.24, 2.45) is 0 Å². The van der Waals surface area contributed by atoms with Gasteiger partial charge in [0, 0.05) is 25.2 Å². The number of hydrogen-bond acceptors (Lipinski definition) is 3. The van der Waals surface area contributed by atoms with Crippen LogP contribution in [0.25, 0.3) is 0 Å². The third kappa shape index (κ3) is 3.79. The summed E-state index contributed by atoms with van der Waals surface area (Å²) in [4.78, 5) is 16.0. The largest absolute Gasteiger partial charge is 0.381 e. The van der Waals surface area contributed by atoms with Gasteiger partial charge in [0.1, 0.15) is 5.54 Å². The fourth-order valence-electron chi connectivity index (χ4n) is 5.50. The van der Waals surface area contributed by atoms with Crippen LogP contribution < -0.4 is 5.32 Å². The Morgan fingerprint density at radius 3 is 2.26 bits per heavy atom. The first-order valence-electron chi connectivity index (χ1n) is 10.9. The van der Waals surface area contributed by atoms with Crippen molar-refractivity contribution in [2.45, 2.75) is 68.7 Å². The molecule has 1 aliphatic carbocycles. The van der Waals surface area contributed by atoms with Gasteiger partial charge in [0.2, 0.25) is 5.91 Å². The van der Waals surface area contributed by atoms with Crippen molar-refractivity contribution < 1.29 is 9.53 Å². The molecule has 2 aliphatic heterocycles. The lowest BCUT2D eigenvalue weighted by Gasteiger charge is -2.44. The van der Waals surface area contributed by atoms with Crippen LogP contribution in [-0.2, 0) is 14.9 Å². The Kier molecular flexibility index (Phi) is 5.84. The fraction of sp³-hybridized carbons (Fsp3) is 0.696. The Hall–Kier alpha value is -1.39. The van der Waals surface area contributed by atoms with E-state index in [4.69, 9.17) is 4.74 Å². The number of likely N-dealkylation sites (tertiary alicyclic amines) is 1. The maximum absolute atomic E-state index is 13.5. The molecule has 1 amide bonds.